The quantitative estimate of drug-likeness (QED) is 0.512. The molecular formula is C27H28N2O4S. The molecule has 7 heteroatoms. The van der Waals surface area contributed by atoms with Crippen LogP contribution in [0.5, 0.6) is 5.88 Å². The molecule has 2 aromatic carbocycles. The zero-order valence-electron chi connectivity index (χ0n) is 18.9. The van der Waals surface area contributed by atoms with Crippen molar-refractivity contribution in [2.75, 3.05) is 0 Å². The topological polar surface area (TPSA) is 81.4 Å². The van der Waals surface area contributed by atoms with E-state index < -0.39 is 10.8 Å². The molecule has 0 saturated heterocycles. The summed E-state index contributed by atoms with van der Waals surface area (Å²) in [4.78, 5) is 14.3. The first-order chi connectivity index (χ1) is 16.6. The van der Waals surface area contributed by atoms with Crippen molar-refractivity contribution in [3.8, 4) is 5.88 Å². The highest BCUT2D eigenvalue weighted by molar-refractivity contribution is 7.85. The first-order valence-electron chi connectivity index (χ1n) is 12.0. The minimum absolute atomic E-state index is 0.0130. The number of benzene rings is 2. The molecule has 34 heavy (non-hydrogen) atoms. The predicted octanol–water partition coefficient (Wildman–Crippen LogP) is 5.12. The summed E-state index contributed by atoms with van der Waals surface area (Å²) in [6.45, 7) is 0.238. The van der Waals surface area contributed by atoms with E-state index in [9.17, 15) is 9.00 Å². The van der Waals surface area contributed by atoms with Gasteiger partial charge in [0.15, 0.2) is 4.90 Å². The van der Waals surface area contributed by atoms with Gasteiger partial charge in [-0.05, 0) is 79.1 Å². The second-order valence-corrected chi connectivity index (χ2v) is 11.6. The molecule has 7 rings (SSSR count). The van der Waals surface area contributed by atoms with Crippen LogP contribution in [0.2, 0.25) is 0 Å². The largest absolute Gasteiger partial charge is 0.470 e. The van der Waals surface area contributed by atoms with E-state index in [1.807, 2.05) is 48.5 Å². The third-order valence-corrected chi connectivity index (χ3v) is 9.04. The van der Waals surface area contributed by atoms with Crippen LogP contribution in [-0.2, 0) is 17.4 Å². The van der Waals surface area contributed by atoms with E-state index in [1.165, 1.54) is 19.3 Å². The highest BCUT2D eigenvalue weighted by Gasteiger charge is 2.52. The van der Waals surface area contributed by atoms with E-state index >= 15 is 0 Å². The summed E-state index contributed by atoms with van der Waals surface area (Å²) in [5, 5.41) is 7.35. The summed E-state index contributed by atoms with van der Waals surface area (Å²) >= 11 is 0. The minimum atomic E-state index is -1.67. The number of nitrogens with zero attached hydrogens (tertiary/aromatic N) is 1. The molecule has 4 fully saturated rings. The van der Waals surface area contributed by atoms with E-state index in [0.29, 0.717) is 22.6 Å². The van der Waals surface area contributed by atoms with Crippen LogP contribution in [0.3, 0.4) is 0 Å². The van der Waals surface area contributed by atoms with Crippen LogP contribution in [0, 0.1) is 17.8 Å². The van der Waals surface area contributed by atoms with Gasteiger partial charge in [0.25, 0.3) is 11.8 Å². The molecule has 0 spiro atoms. The van der Waals surface area contributed by atoms with Crippen molar-refractivity contribution in [2.45, 2.75) is 60.5 Å². The summed E-state index contributed by atoms with van der Waals surface area (Å²) in [5.41, 5.74) is 0.761. The lowest BCUT2D eigenvalue weighted by molar-refractivity contribution is -0.0173. The smallest absolute Gasteiger partial charge is 0.291 e. The van der Waals surface area contributed by atoms with Crippen molar-refractivity contribution in [3.63, 3.8) is 0 Å². The number of nitrogens with one attached hydrogen (secondary N) is 1. The molecule has 0 radical (unpaired) electrons. The van der Waals surface area contributed by atoms with Crippen molar-refractivity contribution in [1.82, 2.24) is 10.5 Å². The Morgan fingerprint density at radius 1 is 0.971 bits per heavy atom. The summed E-state index contributed by atoms with van der Waals surface area (Å²) in [5.74, 6) is 1.84. The van der Waals surface area contributed by atoms with Gasteiger partial charge in [0.05, 0.1) is 10.8 Å². The van der Waals surface area contributed by atoms with Crippen LogP contribution in [0.15, 0.2) is 75.0 Å². The van der Waals surface area contributed by atoms with Crippen LogP contribution in [0.4, 0.5) is 0 Å². The van der Waals surface area contributed by atoms with Crippen LogP contribution in [0.1, 0.15) is 54.6 Å². The van der Waals surface area contributed by atoms with Gasteiger partial charge in [-0.3, -0.25) is 4.79 Å². The van der Waals surface area contributed by atoms with Crippen molar-refractivity contribution in [3.05, 3.63) is 72.0 Å². The molecule has 0 aliphatic heterocycles. The summed E-state index contributed by atoms with van der Waals surface area (Å²) in [6, 6.07) is 18.7. The number of amides is 1. The number of hydrogen-bond acceptors (Lipinski definition) is 5. The SMILES string of the molecule is O=C(NC12CC3CC(CC(C3)C1)C2)c1onc(OCc2ccccc2)c1S(=O)c1ccccc1. The van der Waals surface area contributed by atoms with Gasteiger partial charge in [-0.2, -0.15) is 0 Å². The highest BCUT2D eigenvalue weighted by atomic mass is 32.2. The second-order valence-electron chi connectivity index (χ2n) is 10.2. The molecule has 3 aromatic rings. The van der Waals surface area contributed by atoms with E-state index in [2.05, 4.69) is 10.5 Å². The Bertz CT molecular complexity index is 1170. The number of aromatic nitrogens is 1. The minimum Gasteiger partial charge on any atom is -0.470 e. The fourth-order valence-corrected chi connectivity index (χ4v) is 7.81. The summed E-state index contributed by atoms with van der Waals surface area (Å²) < 4.78 is 25.0. The van der Waals surface area contributed by atoms with E-state index in [-0.39, 0.29) is 34.6 Å². The molecule has 1 amide bonds. The Balaban J connectivity index is 1.30. The third kappa shape index (κ3) is 4.06. The average Bonchev–Trinajstić information content (AvgIpc) is 3.26. The molecule has 1 heterocycles. The molecule has 1 atom stereocenters. The second kappa shape index (κ2) is 8.69. The molecule has 4 bridgehead atoms. The van der Waals surface area contributed by atoms with Gasteiger partial charge < -0.3 is 14.6 Å². The van der Waals surface area contributed by atoms with Crippen molar-refractivity contribution < 1.29 is 18.3 Å². The molecule has 1 aromatic heterocycles. The van der Waals surface area contributed by atoms with E-state index in [1.54, 1.807) is 12.1 Å². The maximum atomic E-state index is 13.6. The lowest BCUT2D eigenvalue weighted by Gasteiger charge is -2.56. The van der Waals surface area contributed by atoms with Crippen LogP contribution >= 0.6 is 0 Å². The Morgan fingerprint density at radius 2 is 1.56 bits per heavy atom. The monoisotopic (exact) mass is 476 g/mol. The molecular weight excluding hydrogens is 448 g/mol. The lowest BCUT2D eigenvalue weighted by atomic mass is 9.53. The normalized spacial score (nSPS) is 27.9. The maximum absolute atomic E-state index is 13.6. The fraction of sp³-hybridized carbons (Fsp3) is 0.407. The van der Waals surface area contributed by atoms with Gasteiger partial charge in [0.1, 0.15) is 6.61 Å². The average molecular weight is 477 g/mol. The van der Waals surface area contributed by atoms with Gasteiger partial charge in [-0.1, -0.05) is 48.5 Å². The Labute approximate surface area is 201 Å². The van der Waals surface area contributed by atoms with Gasteiger partial charge in [0.2, 0.25) is 5.76 Å². The van der Waals surface area contributed by atoms with Crippen molar-refractivity contribution >= 4 is 16.7 Å². The molecule has 1 N–H and O–H groups in total. The fourth-order valence-electron chi connectivity index (χ4n) is 6.62. The first kappa shape index (κ1) is 21.6. The number of carbonyl (C=O) groups excluding carboxylic acids is 1. The maximum Gasteiger partial charge on any atom is 0.291 e. The van der Waals surface area contributed by atoms with Gasteiger partial charge in [-0.25, -0.2) is 4.21 Å². The lowest BCUT2D eigenvalue weighted by Crippen LogP contribution is -2.59. The zero-order chi connectivity index (χ0) is 23.1. The standard InChI is InChI=1S/C27H28N2O4S/c30-25(28-27-14-19-11-20(15-27)13-21(12-19)16-27)23-24(34(31)22-9-5-2-6-10-22)26(29-33-23)32-17-18-7-3-1-4-8-18/h1-10,19-21H,11-17H2,(H,28,30). The molecule has 176 valence electrons. The highest BCUT2D eigenvalue weighted by Crippen LogP contribution is 2.55. The van der Waals surface area contributed by atoms with E-state index in [0.717, 1.165) is 24.8 Å². The zero-order valence-corrected chi connectivity index (χ0v) is 19.8. The van der Waals surface area contributed by atoms with Gasteiger partial charge >= 0.3 is 0 Å². The number of carbonyl (C=O) groups is 1. The molecule has 6 nitrogen and oxygen atoms in total. The number of hydrogen-bond donors (Lipinski definition) is 1. The first-order valence-corrected chi connectivity index (χ1v) is 13.2. The van der Waals surface area contributed by atoms with Crippen molar-refractivity contribution in [2.24, 2.45) is 17.8 Å². The number of ether oxygens (including phenoxy) is 1. The molecule has 4 aliphatic carbocycles. The molecule has 4 aliphatic rings. The third-order valence-electron chi connectivity index (χ3n) is 7.60. The van der Waals surface area contributed by atoms with Crippen LogP contribution < -0.4 is 10.1 Å². The summed E-state index contributed by atoms with van der Waals surface area (Å²) in [6.07, 6.45) is 6.93. The Morgan fingerprint density at radius 3 is 2.18 bits per heavy atom. The Hall–Kier alpha value is -2.93. The van der Waals surface area contributed by atoms with E-state index in [4.69, 9.17) is 9.26 Å². The number of rotatable bonds is 7. The Kier molecular flexibility index (Phi) is 5.52. The van der Waals surface area contributed by atoms with Crippen molar-refractivity contribution in [1.29, 1.82) is 0 Å². The predicted molar refractivity (Wildman–Crippen MR) is 127 cm³/mol. The van der Waals surface area contributed by atoms with Crippen LogP contribution in [-0.4, -0.2) is 20.8 Å². The van der Waals surface area contributed by atoms with Gasteiger partial charge in [-0.15, -0.1) is 0 Å². The van der Waals surface area contributed by atoms with Gasteiger partial charge in [0, 0.05) is 10.4 Å². The molecule has 4 saturated carbocycles. The van der Waals surface area contributed by atoms with Crippen LogP contribution in [0.25, 0.3) is 0 Å². The molecule has 1 unspecified atom stereocenters. The summed E-state index contributed by atoms with van der Waals surface area (Å²) in [7, 11) is -1.67.